The lowest BCUT2D eigenvalue weighted by Crippen LogP contribution is -2.15. The predicted molar refractivity (Wildman–Crippen MR) is 120 cm³/mol. The normalized spacial score (nSPS) is 13.0. The molecule has 0 aliphatic carbocycles. The Labute approximate surface area is 190 Å². The molecule has 2 N–H and O–H groups in total. The molecule has 4 rings (SSSR count). The average molecular weight is 472 g/mol. The number of nitrogens with one attached hydrogen (secondary N) is 2. The van der Waals surface area contributed by atoms with Crippen molar-refractivity contribution in [2.75, 3.05) is 30.4 Å². The lowest BCUT2D eigenvalue weighted by atomic mass is 10.2. The molecule has 1 aliphatic heterocycles. The lowest BCUT2D eigenvalue weighted by Gasteiger charge is -2.12. The van der Waals surface area contributed by atoms with Gasteiger partial charge in [0.05, 0.1) is 30.8 Å². The van der Waals surface area contributed by atoms with E-state index in [-0.39, 0.29) is 16.1 Å². The maximum Gasteiger partial charge on any atom is 0.262 e. The van der Waals surface area contributed by atoms with Gasteiger partial charge in [-0.05, 0) is 48.5 Å². The van der Waals surface area contributed by atoms with Crippen LogP contribution in [-0.2, 0) is 10.0 Å². The van der Waals surface area contributed by atoms with E-state index in [1.165, 1.54) is 55.6 Å². The number of rotatable bonds is 6. The fraction of sp³-hybridized carbons (Fsp3) is 0.174. The van der Waals surface area contributed by atoms with Gasteiger partial charge in [0.2, 0.25) is 0 Å². The van der Waals surface area contributed by atoms with Gasteiger partial charge in [0.15, 0.2) is 11.5 Å². The smallest absolute Gasteiger partial charge is 0.262 e. The predicted octanol–water partition coefficient (Wildman–Crippen LogP) is 4.05. The Morgan fingerprint density at radius 1 is 0.939 bits per heavy atom. The van der Waals surface area contributed by atoms with Crippen molar-refractivity contribution in [1.82, 2.24) is 0 Å². The molecular weight excluding hydrogens is 451 g/mol. The summed E-state index contributed by atoms with van der Waals surface area (Å²) in [6, 6.07) is 14.3. The molecule has 0 fully saturated rings. The summed E-state index contributed by atoms with van der Waals surface area (Å²) in [6.45, 7) is 0.947. The third-order valence-corrected chi connectivity index (χ3v) is 6.22. The van der Waals surface area contributed by atoms with Gasteiger partial charge in [-0.1, -0.05) is 0 Å². The van der Waals surface area contributed by atoms with E-state index < -0.39 is 21.7 Å². The van der Waals surface area contributed by atoms with Gasteiger partial charge >= 0.3 is 0 Å². The van der Waals surface area contributed by atoms with E-state index in [9.17, 15) is 17.6 Å². The van der Waals surface area contributed by atoms with E-state index in [0.29, 0.717) is 42.6 Å². The minimum Gasteiger partial charge on any atom is -0.497 e. The van der Waals surface area contributed by atoms with Gasteiger partial charge in [0.1, 0.15) is 11.6 Å². The zero-order chi connectivity index (χ0) is 23.4. The van der Waals surface area contributed by atoms with Crippen LogP contribution in [0.1, 0.15) is 16.8 Å². The number of amides is 1. The van der Waals surface area contributed by atoms with Crippen molar-refractivity contribution in [3.63, 3.8) is 0 Å². The number of sulfonamides is 1. The largest absolute Gasteiger partial charge is 0.497 e. The zero-order valence-electron chi connectivity index (χ0n) is 17.6. The number of carbonyl (C=O) groups is 1. The number of benzene rings is 3. The molecule has 10 heteroatoms. The molecule has 0 aromatic heterocycles. The monoisotopic (exact) mass is 472 g/mol. The molecule has 0 unspecified atom stereocenters. The molecular formula is C23H21FN2O6S. The molecule has 0 bridgehead atoms. The first-order chi connectivity index (χ1) is 15.9. The van der Waals surface area contributed by atoms with Crippen molar-refractivity contribution in [2.45, 2.75) is 11.3 Å². The van der Waals surface area contributed by atoms with E-state index in [2.05, 4.69) is 10.0 Å². The molecule has 33 heavy (non-hydrogen) atoms. The average Bonchev–Trinajstić information content (AvgIpc) is 3.05. The van der Waals surface area contributed by atoms with Crippen LogP contribution in [0.3, 0.4) is 0 Å². The molecule has 3 aromatic rings. The number of carbonyl (C=O) groups excluding carboxylic acids is 1. The topological polar surface area (TPSA) is 103 Å². The van der Waals surface area contributed by atoms with Crippen LogP contribution in [-0.4, -0.2) is 34.6 Å². The van der Waals surface area contributed by atoms with Crippen molar-refractivity contribution in [3.8, 4) is 17.2 Å². The Kier molecular flexibility index (Phi) is 6.36. The van der Waals surface area contributed by atoms with Crippen molar-refractivity contribution in [3.05, 3.63) is 72.0 Å². The van der Waals surface area contributed by atoms with Crippen molar-refractivity contribution < 1.29 is 31.8 Å². The second-order valence-corrected chi connectivity index (χ2v) is 8.82. The molecule has 0 atom stereocenters. The number of hydrogen-bond donors (Lipinski definition) is 2. The molecule has 0 saturated carbocycles. The number of hydrogen-bond acceptors (Lipinski definition) is 6. The SMILES string of the molecule is COc1ccc(C(=O)Nc2ccc(NS(=O)(=O)c3ccc4c(c3)OCCCO4)cc2)c(F)c1. The minimum atomic E-state index is -3.88. The van der Waals surface area contributed by atoms with Crippen LogP contribution in [0, 0.1) is 5.82 Å². The molecule has 3 aromatic carbocycles. The summed E-state index contributed by atoms with van der Waals surface area (Å²) in [5.74, 6) is -0.185. The number of anilines is 2. The number of fused-ring (bicyclic) bond motifs is 1. The Morgan fingerprint density at radius 2 is 1.64 bits per heavy atom. The first-order valence-corrected chi connectivity index (χ1v) is 11.5. The van der Waals surface area contributed by atoms with E-state index in [1.54, 1.807) is 6.07 Å². The number of halogens is 1. The first kappa shape index (κ1) is 22.4. The van der Waals surface area contributed by atoms with Gasteiger partial charge in [-0.2, -0.15) is 0 Å². The molecule has 1 amide bonds. The van der Waals surface area contributed by atoms with Crippen LogP contribution >= 0.6 is 0 Å². The third kappa shape index (κ3) is 5.17. The van der Waals surface area contributed by atoms with Gasteiger partial charge < -0.3 is 19.5 Å². The van der Waals surface area contributed by atoms with Crippen molar-refractivity contribution >= 4 is 27.3 Å². The van der Waals surface area contributed by atoms with Gasteiger partial charge in [-0.15, -0.1) is 0 Å². The highest BCUT2D eigenvalue weighted by molar-refractivity contribution is 7.92. The van der Waals surface area contributed by atoms with Gasteiger partial charge in [-0.3, -0.25) is 9.52 Å². The van der Waals surface area contributed by atoms with Crippen LogP contribution < -0.4 is 24.2 Å². The van der Waals surface area contributed by atoms with Crippen LogP contribution in [0.15, 0.2) is 65.6 Å². The minimum absolute atomic E-state index is 0.0270. The summed E-state index contributed by atoms with van der Waals surface area (Å²) in [7, 11) is -2.48. The summed E-state index contributed by atoms with van der Waals surface area (Å²) < 4.78 is 58.1. The highest BCUT2D eigenvalue weighted by Crippen LogP contribution is 2.32. The zero-order valence-corrected chi connectivity index (χ0v) is 18.4. The standard InChI is InChI=1S/C23H21FN2O6S/c1-30-17-7-9-19(20(24)13-17)23(27)25-15-3-5-16(6-4-15)26-33(28,29)18-8-10-21-22(14-18)32-12-2-11-31-21/h3-10,13-14,26H,2,11-12H2,1H3,(H,25,27). The van der Waals surface area contributed by atoms with Crippen molar-refractivity contribution in [2.24, 2.45) is 0 Å². The van der Waals surface area contributed by atoms with E-state index in [4.69, 9.17) is 14.2 Å². The van der Waals surface area contributed by atoms with Gasteiger partial charge in [0, 0.05) is 29.9 Å². The van der Waals surface area contributed by atoms with Gasteiger partial charge in [-0.25, -0.2) is 12.8 Å². The summed E-state index contributed by atoms with van der Waals surface area (Å²) in [4.78, 5) is 12.4. The summed E-state index contributed by atoms with van der Waals surface area (Å²) in [5.41, 5.74) is 0.513. The molecule has 0 spiro atoms. The molecule has 1 heterocycles. The Hall–Kier alpha value is -3.79. The summed E-state index contributed by atoms with van der Waals surface area (Å²) >= 11 is 0. The second-order valence-electron chi connectivity index (χ2n) is 7.14. The molecule has 0 radical (unpaired) electrons. The Bertz CT molecular complexity index is 1280. The number of methoxy groups -OCH3 is 1. The van der Waals surface area contributed by atoms with Crippen LogP contribution in [0.5, 0.6) is 17.2 Å². The first-order valence-electron chi connectivity index (χ1n) is 10.0. The molecule has 172 valence electrons. The Balaban J connectivity index is 1.45. The third-order valence-electron chi connectivity index (χ3n) is 4.85. The lowest BCUT2D eigenvalue weighted by molar-refractivity contribution is 0.102. The maximum atomic E-state index is 14.1. The summed E-state index contributed by atoms with van der Waals surface area (Å²) in [6.07, 6.45) is 0.711. The van der Waals surface area contributed by atoms with Crippen LogP contribution in [0.25, 0.3) is 0 Å². The Morgan fingerprint density at radius 3 is 2.33 bits per heavy atom. The highest BCUT2D eigenvalue weighted by atomic mass is 32.2. The maximum absolute atomic E-state index is 14.1. The summed E-state index contributed by atoms with van der Waals surface area (Å²) in [5, 5.41) is 2.57. The van der Waals surface area contributed by atoms with Crippen LogP contribution in [0.4, 0.5) is 15.8 Å². The fourth-order valence-electron chi connectivity index (χ4n) is 3.15. The molecule has 0 saturated heterocycles. The quantitative estimate of drug-likeness (QED) is 0.561. The molecule has 1 aliphatic rings. The van der Waals surface area contributed by atoms with E-state index in [0.717, 1.165) is 6.07 Å². The fourth-order valence-corrected chi connectivity index (χ4v) is 4.23. The number of ether oxygens (including phenoxy) is 3. The highest BCUT2D eigenvalue weighted by Gasteiger charge is 2.19. The second kappa shape index (κ2) is 9.37. The van der Waals surface area contributed by atoms with Crippen molar-refractivity contribution in [1.29, 1.82) is 0 Å². The van der Waals surface area contributed by atoms with E-state index >= 15 is 0 Å². The van der Waals surface area contributed by atoms with E-state index in [1.807, 2.05) is 0 Å². The molecule has 8 nitrogen and oxygen atoms in total. The van der Waals surface area contributed by atoms with Crippen LogP contribution in [0.2, 0.25) is 0 Å². The van der Waals surface area contributed by atoms with Gasteiger partial charge in [0.25, 0.3) is 15.9 Å².